The van der Waals surface area contributed by atoms with Gasteiger partial charge in [0.2, 0.25) is 10.0 Å². The fourth-order valence-electron chi connectivity index (χ4n) is 3.54. The van der Waals surface area contributed by atoms with Crippen LogP contribution in [0.1, 0.15) is 22.8 Å². The van der Waals surface area contributed by atoms with Crippen molar-refractivity contribution in [3.05, 3.63) is 64.0 Å². The van der Waals surface area contributed by atoms with Crippen LogP contribution in [0, 0.1) is 0 Å². The van der Waals surface area contributed by atoms with Crippen molar-refractivity contribution in [1.29, 1.82) is 0 Å². The molecule has 1 aliphatic rings. The minimum Gasteiger partial charge on any atom is -0.298 e. The SMILES string of the molecule is C[C@@H]1Cc2cc(C(=O)Nc3nc(-c4ccccc4Cl)cs3)ccc2N1S(C)(=O)=O. The van der Waals surface area contributed by atoms with Gasteiger partial charge in [0.05, 0.1) is 17.6 Å². The van der Waals surface area contributed by atoms with E-state index >= 15 is 0 Å². The molecule has 0 fully saturated rings. The maximum Gasteiger partial charge on any atom is 0.257 e. The van der Waals surface area contributed by atoms with Crippen LogP contribution in [0.3, 0.4) is 0 Å². The zero-order valence-electron chi connectivity index (χ0n) is 15.7. The number of thiazole rings is 1. The fourth-order valence-corrected chi connectivity index (χ4v) is 5.74. The number of carbonyl (C=O) groups is 1. The zero-order chi connectivity index (χ0) is 20.8. The molecule has 3 aromatic rings. The van der Waals surface area contributed by atoms with Crippen LogP contribution in [0.15, 0.2) is 47.8 Å². The number of sulfonamides is 1. The molecular formula is C20H18ClN3O3S2. The number of amides is 1. The molecule has 2 aromatic carbocycles. The Bertz CT molecular complexity index is 1210. The van der Waals surface area contributed by atoms with Gasteiger partial charge in [-0.1, -0.05) is 29.8 Å². The average molecular weight is 448 g/mol. The summed E-state index contributed by atoms with van der Waals surface area (Å²) in [5.41, 5.74) is 3.43. The van der Waals surface area contributed by atoms with Gasteiger partial charge < -0.3 is 0 Å². The van der Waals surface area contributed by atoms with E-state index in [-0.39, 0.29) is 11.9 Å². The second-order valence-corrected chi connectivity index (χ2v) is 10.1. The predicted molar refractivity (Wildman–Crippen MR) is 117 cm³/mol. The number of benzene rings is 2. The second-order valence-electron chi connectivity index (χ2n) is 6.93. The van der Waals surface area contributed by atoms with Gasteiger partial charge in [-0.25, -0.2) is 13.4 Å². The van der Waals surface area contributed by atoms with Crippen LogP contribution in [0.2, 0.25) is 5.02 Å². The monoisotopic (exact) mass is 447 g/mol. The van der Waals surface area contributed by atoms with Crippen LogP contribution in [-0.4, -0.2) is 31.6 Å². The quantitative estimate of drug-likeness (QED) is 0.641. The molecule has 0 aliphatic carbocycles. The molecule has 2 heterocycles. The van der Waals surface area contributed by atoms with E-state index < -0.39 is 10.0 Å². The van der Waals surface area contributed by atoms with Crippen LogP contribution in [-0.2, 0) is 16.4 Å². The predicted octanol–water partition coefficient (Wildman–Crippen LogP) is 4.43. The Morgan fingerprint density at radius 1 is 1.28 bits per heavy atom. The molecule has 29 heavy (non-hydrogen) atoms. The van der Waals surface area contributed by atoms with Crippen molar-refractivity contribution in [2.75, 3.05) is 15.9 Å². The number of nitrogens with one attached hydrogen (secondary N) is 1. The second kappa shape index (κ2) is 7.44. The molecule has 4 rings (SSSR count). The Labute approximate surface area is 178 Å². The highest BCUT2D eigenvalue weighted by molar-refractivity contribution is 7.92. The van der Waals surface area contributed by atoms with Crippen molar-refractivity contribution in [2.45, 2.75) is 19.4 Å². The third-order valence-electron chi connectivity index (χ3n) is 4.73. The smallest absolute Gasteiger partial charge is 0.257 e. The Kier molecular flexibility index (Phi) is 5.10. The zero-order valence-corrected chi connectivity index (χ0v) is 18.1. The number of carbonyl (C=O) groups excluding carboxylic acids is 1. The number of nitrogens with zero attached hydrogens (tertiary/aromatic N) is 2. The first kappa shape index (κ1) is 19.9. The van der Waals surface area contributed by atoms with Crippen LogP contribution >= 0.6 is 22.9 Å². The highest BCUT2D eigenvalue weighted by atomic mass is 35.5. The van der Waals surface area contributed by atoms with E-state index in [0.717, 1.165) is 11.1 Å². The first-order valence-corrected chi connectivity index (χ1v) is 12.0. The lowest BCUT2D eigenvalue weighted by molar-refractivity contribution is 0.102. The number of aromatic nitrogens is 1. The van der Waals surface area contributed by atoms with Gasteiger partial charge in [-0.3, -0.25) is 14.4 Å². The van der Waals surface area contributed by atoms with Crippen molar-refractivity contribution in [3.63, 3.8) is 0 Å². The summed E-state index contributed by atoms with van der Waals surface area (Å²) in [7, 11) is -3.36. The molecule has 1 N–H and O–H groups in total. The summed E-state index contributed by atoms with van der Waals surface area (Å²) in [6, 6.07) is 12.3. The molecule has 1 aliphatic heterocycles. The van der Waals surface area contributed by atoms with Crippen molar-refractivity contribution in [1.82, 2.24) is 4.98 Å². The van der Waals surface area contributed by atoms with Crippen LogP contribution in [0.25, 0.3) is 11.3 Å². The molecule has 0 saturated carbocycles. The number of hydrogen-bond donors (Lipinski definition) is 1. The molecule has 0 radical (unpaired) electrons. The molecule has 0 saturated heterocycles. The molecule has 1 atom stereocenters. The van der Waals surface area contributed by atoms with Crippen LogP contribution < -0.4 is 9.62 Å². The summed E-state index contributed by atoms with van der Waals surface area (Å²) in [5.74, 6) is -0.293. The minimum atomic E-state index is -3.36. The number of halogens is 1. The number of anilines is 2. The third-order valence-corrected chi connectivity index (χ3v) is 7.09. The maximum atomic E-state index is 12.7. The van der Waals surface area contributed by atoms with Crippen molar-refractivity contribution in [2.24, 2.45) is 0 Å². The summed E-state index contributed by atoms with van der Waals surface area (Å²) in [6.07, 6.45) is 1.76. The van der Waals surface area contributed by atoms with Gasteiger partial charge in [0, 0.05) is 27.6 Å². The summed E-state index contributed by atoms with van der Waals surface area (Å²) >= 11 is 7.53. The van der Waals surface area contributed by atoms with E-state index in [1.54, 1.807) is 24.3 Å². The summed E-state index contributed by atoms with van der Waals surface area (Å²) in [4.78, 5) is 17.1. The Hall–Kier alpha value is -2.42. The van der Waals surface area contributed by atoms with Gasteiger partial charge in [0.15, 0.2) is 5.13 Å². The minimum absolute atomic E-state index is 0.171. The van der Waals surface area contributed by atoms with Crippen molar-refractivity contribution >= 4 is 49.7 Å². The normalized spacial score (nSPS) is 16.0. The fraction of sp³-hybridized carbons (Fsp3) is 0.200. The third kappa shape index (κ3) is 3.88. The van der Waals surface area contributed by atoms with Gasteiger partial charge in [-0.05, 0) is 43.2 Å². The molecule has 150 valence electrons. The van der Waals surface area contributed by atoms with Crippen molar-refractivity contribution in [3.8, 4) is 11.3 Å². The molecular weight excluding hydrogens is 430 g/mol. The van der Waals surface area contributed by atoms with Gasteiger partial charge in [0.1, 0.15) is 0 Å². The molecule has 0 unspecified atom stereocenters. The average Bonchev–Trinajstić information content (AvgIpc) is 3.24. The van der Waals surface area contributed by atoms with E-state index in [9.17, 15) is 13.2 Å². The van der Waals surface area contributed by atoms with Gasteiger partial charge in [-0.15, -0.1) is 11.3 Å². The molecule has 9 heteroatoms. The van der Waals surface area contributed by atoms with E-state index in [2.05, 4.69) is 10.3 Å². The van der Waals surface area contributed by atoms with Gasteiger partial charge in [0.25, 0.3) is 5.91 Å². The molecule has 1 amide bonds. The lowest BCUT2D eigenvalue weighted by atomic mass is 10.1. The van der Waals surface area contributed by atoms with E-state index in [1.165, 1.54) is 21.9 Å². The number of fused-ring (bicyclic) bond motifs is 1. The van der Waals surface area contributed by atoms with E-state index in [4.69, 9.17) is 11.6 Å². The number of rotatable bonds is 4. The lowest BCUT2D eigenvalue weighted by Gasteiger charge is -2.21. The van der Waals surface area contributed by atoms with Gasteiger partial charge in [-0.2, -0.15) is 0 Å². The first-order valence-electron chi connectivity index (χ1n) is 8.88. The van der Waals surface area contributed by atoms with Crippen molar-refractivity contribution < 1.29 is 13.2 Å². The first-order chi connectivity index (χ1) is 13.7. The summed E-state index contributed by atoms with van der Waals surface area (Å²) in [5, 5.41) is 5.71. The topological polar surface area (TPSA) is 79.4 Å². The maximum absolute atomic E-state index is 12.7. The Morgan fingerprint density at radius 3 is 2.76 bits per heavy atom. The highest BCUT2D eigenvalue weighted by Gasteiger charge is 2.32. The van der Waals surface area contributed by atoms with E-state index in [1.807, 2.05) is 30.5 Å². The molecule has 1 aromatic heterocycles. The standard InChI is InChI=1S/C20H18ClN3O3S2/c1-12-9-14-10-13(7-8-18(14)24(12)29(2,26)27)19(25)23-20-22-17(11-28-20)15-5-3-4-6-16(15)21/h3-8,10-12H,9H2,1-2H3,(H,22,23,25)/t12-/m1/s1. The van der Waals surface area contributed by atoms with E-state index in [0.29, 0.717) is 33.5 Å². The Morgan fingerprint density at radius 2 is 2.03 bits per heavy atom. The summed E-state index contributed by atoms with van der Waals surface area (Å²) < 4.78 is 25.5. The van der Waals surface area contributed by atoms with Gasteiger partial charge >= 0.3 is 0 Å². The summed E-state index contributed by atoms with van der Waals surface area (Å²) in [6.45, 7) is 1.85. The molecule has 0 bridgehead atoms. The van der Waals surface area contributed by atoms with Crippen LogP contribution in [0.4, 0.5) is 10.8 Å². The number of hydrogen-bond acceptors (Lipinski definition) is 5. The molecule has 0 spiro atoms. The lowest BCUT2D eigenvalue weighted by Crippen LogP contribution is -2.34. The Balaban J connectivity index is 1.55. The highest BCUT2D eigenvalue weighted by Crippen LogP contribution is 2.35. The largest absolute Gasteiger partial charge is 0.298 e. The molecule has 6 nitrogen and oxygen atoms in total. The van der Waals surface area contributed by atoms with Crippen LogP contribution in [0.5, 0.6) is 0 Å².